The second kappa shape index (κ2) is 6.81. The number of H-pyrrole nitrogens is 1. The highest BCUT2D eigenvalue weighted by Gasteiger charge is 2.28. The van der Waals surface area contributed by atoms with Gasteiger partial charge in [-0.2, -0.15) is 4.98 Å². The van der Waals surface area contributed by atoms with Crippen LogP contribution in [0.4, 0.5) is 0 Å². The van der Waals surface area contributed by atoms with Gasteiger partial charge < -0.3 is 20.1 Å². The lowest BCUT2D eigenvalue weighted by molar-refractivity contribution is -0.123. The van der Waals surface area contributed by atoms with Crippen molar-refractivity contribution in [1.29, 1.82) is 0 Å². The largest absolute Gasteiger partial charge is 0.354 e. The number of hydrogen-bond donors (Lipinski definition) is 3. The van der Waals surface area contributed by atoms with Crippen LogP contribution in [0.5, 0.6) is 0 Å². The van der Waals surface area contributed by atoms with Gasteiger partial charge in [0.15, 0.2) is 0 Å². The molecular formula is C16H17N7O2. The first-order valence-corrected chi connectivity index (χ1v) is 8.07. The molecule has 1 atom stereocenters. The van der Waals surface area contributed by atoms with E-state index in [1.54, 1.807) is 18.7 Å². The maximum atomic E-state index is 12.4. The Labute approximate surface area is 143 Å². The molecule has 1 aliphatic heterocycles. The quantitative estimate of drug-likeness (QED) is 0.615. The predicted octanol–water partition coefficient (Wildman–Crippen LogP) is 0.400. The van der Waals surface area contributed by atoms with E-state index in [0.29, 0.717) is 24.7 Å². The minimum atomic E-state index is -0.427. The lowest BCUT2D eigenvalue weighted by Gasteiger charge is -2.21. The van der Waals surface area contributed by atoms with E-state index in [-0.39, 0.29) is 5.91 Å². The van der Waals surface area contributed by atoms with E-state index in [1.807, 2.05) is 12.1 Å². The van der Waals surface area contributed by atoms with Crippen molar-refractivity contribution in [3.05, 3.63) is 48.1 Å². The summed E-state index contributed by atoms with van der Waals surface area (Å²) < 4.78 is 5.22. The van der Waals surface area contributed by atoms with Gasteiger partial charge in [0.05, 0.1) is 12.0 Å². The van der Waals surface area contributed by atoms with Crippen molar-refractivity contribution in [2.24, 2.45) is 0 Å². The summed E-state index contributed by atoms with van der Waals surface area (Å²) in [6, 6.07) is 3.25. The monoisotopic (exact) mass is 339 g/mol. The van der Waals surface area contributed by atoms with E-state index >= 15 is 0 Å². The molecular weight excluding hydrogens is 322 g/mol. The Bertz CT molecular complexity index is 858. The average Bonchev–Trinajstić information content (AvgIpc) is 3.31. The molecule has 4 rings (SSSR count). The third kappa shape index (κ3) is 3.26. The van der Waals surface area contributed by atoms with Gasteiger partial charge in [0.1, 0.15) is 6.04 Å². The molecule has 0 aromatic carbocycles. The minimum Gasteiger partial charge on any atom is -0.354 e. The Balaban J connectivity index is 1.33. The molecule has 1 aliphatic rings. The molecule has 3 aromatic heterocycles. The highest BCUT2D eigenvalue weighted by atomic mass is 16.5. The molecule has 0 spiro atoms. The van der Waals surface area contributed by atoms with Gasteiger partial charge in [0.25, 0.3) is 0 Å². The van der Waals surface area contributed by atoms with Crippen LogP contribution in [0.15, 0.2) is 35.4 Å². The highest BCUT2D eigenvalue weighted by Crippen LogP contribution is 2.19. The zero-order valence-electron chi connectivity index (χ0n) is 13.4. The van der Waals surface area contributed by atoms with Gasteiger partial charge in [-0.25, -0.2) is 4.98 Å². The van der Waals surface area contributed by atoms with E-state index in [0.717, 1.165) is 29.9 Å². The molecule has 4 heterocycles. The van der Waals surface area contributed by atoms with Crippen LogP contribution >= 0.6 is 0 Å². The molecule has 25 heavy (non-hydrogen) atoms. The normalized spacial score (nSPS) is 16.4. The molecule has 0 unspecified atom stereocenters. The summed E-state index contributed by atoms with van der Waals surface area (Å²) in [5.41, 5.74) is 2.57. The van der Waals surface area contributed by atoms with Gasteiger partial charge in [0, 0.05) is 49.6 Å². The van der Waals surface area contributed by atoms with Gasteiger partial charge >= 0.3 is 0 Å². The summed E-state index contributed by atoms with van der Waals surface area (Å²) in [5, 5.41) is 10.00. The number of pyridine rings is 1. The molecule has 128 valence electrons. The number of amides is 1. The van der Waals surface area contributed by atoms with Crippen LogP contribution in [0.1, 0.15) is 23.3 Å². The van der Waals surface area contributed by atoms with Crippen LogP contribution in [0.3, 0.4) is 0 Å². The van der Waals surface area contributed by atoms with Crippen LogP contribution in [-0.2, 0) is 17.6 Å². The number of aromatic nitrogens is 5. The van der Waals surface area contributed by atoms with Crippen molar-refractivity contribution in [3.8, 4) is 11.4 Å². The number of carbonyl (C=O) groups is 1. The first kappa shape index (κ1) is 15.5. The first-order chi connectivity index (χ1) is 12.3. The fourth-order valence-corrected chi connectivity index (χ4v) is 2.80. The number of nitrogens with zero attached hydrogens (tertiary/aromatic N) is 4. The Morgan fingerprint density at radius 2 is 2.40 bits per heavy atom. The van der Waals surface area contributed by atoms with E-state index in [1.165, 1.54) is 0 Å². The minimum absolute atomic E-state index is 0.111. The van der Waals surface area contributed by atoms with Crippen molar-refractivity contribution in [1.82, 2.24) is 35.7 Å². The zero-order valence-corrected chi connectivity index (χ0v) is 13.4. The maximum Gasteiger partial charge on any atom is 0.243 e. The average molecular weight is 339 g/mol. The molecule has 9 nitrogen and oxygen atoms in total. The smallest absolute Gasteiger partial charge is 0.243 e. The lowest BCUT2D eigenvalue weighted by atomic mass is 10.1. The second-order valence-corrected chi connectivity index (χ2v) is 5.70. The highest BCUT2D eigenvalue weighted by molar-refractivity contribution is 5.83. The van der Waals surface area contributed by atoms with Gasteiger partial charge in [-0.3, -0.25) is 9.78 Å². The summed E-state index contributed by atoms with van der Waals surface area (Å²) in [7, 11) is 0. The molecule has 0 radical (unpaired) electrons. The maximum absolute atomic E-state index is 12.4. The first-order valence-electron chi connectivity index (χ1n) is 8.07. The molecule has 1 amide bonds. The fourth-order valence-electron chi connectivity index (χ4n) is 2.80. The van der Waals surface area contributed by atoms with Crippen molar-refractivity contribution in [2.75, 3.05) is 13.1 Å². The van der Waals surface area contributed by atoms with Crippen molar-refractivity contribution in [3.63, 3.8) is 0 Å². The van der Waals surface area contributed by atoms with Crippen LogP contribution in [-0.4, -0.2) is 44.1 Å². The molecule has 9 heteroatoms. The summed E-state index contributed by atoms with van der Waals surface area (Å²) in [6.45, 7) is 1.15. The SMILES string of the molecule is O=C(NCCc1nc(-c2cccnc2)no1)[C@H]1NCCc2[nH]cnc21. The predicted molar refractivity (Wildman–Crippen MR) is 87.3 cm³/mol. The number of carbonyl (C=O) groups excluding carboxylic acids is 1. The van der Waals surface area contributed by atoms with E-state index in [4.69, 9.17) is 4.52 Å². The van der Waals surface area contributed by atoms with E-state index in [2.05, 4.69) is 35.7 Å². The summed E-state index contributed by atoms with van der Waals surface area (Å²) in [5.74, 6) is 0.848. The summed E-state index contributed by atoms with van der Waals surface area (Å²) in [4.78, 5) is 28.0. The Kier molecular flexibility index (Phi) is 4.21. The van der Waals surface area contributed by atoms with Crippen LogP contribution in [0.2, 0.25) is 0 Å². The van der Waals surface area contributed by atoms with E-state index < -0.39 is 6.04 Å². The number of imidazole rings is 1. The zero-order chi connectivity index (χ0) is 17.1. The summed E-state index contributed by atoms with van der Waals surface area (Å²) in [6.07, 6.45) is 6.28. The second-order valence-electron chi connectivity index (χ2n) is 5.70. The van der Waals surface area contributed by atoms with Crippen molar-refractivity contribution < 1.29 is 9.32 Å². The van der Waals surface area contributed by atoms with Gasteiger partial charge in [-0.05, 0) is 12.1 Å². The number of nitrogens with one attached hydrogen (secondary N) is 3. The fraction of sp³-hybridized carbons (Fsp3) is 0.312. The number of hydrogen-bond acceptors (Lipinski definition) is 7. The summed E-state index contributed by atoms with van der Waals surface area (Å²) >= 11 is 0. The van der Waals surface area contributed by atoms with Crippen LogP contribution in [0, 0.1) is 0 Å². The molecule has 3 N–H and O–H groups in total. The van der Waals surface area contributed by atoms with E-state index in [9.17, 15) is 4.79 Å². The topological polar surface area (TPSA) is 122 Å². The molecule has 0 bridgehead atoms. The number of rotatable bonds is 5. The van der Waals surface area contributed by atoms with Crippen LogP contribution < -0.4 is 10.6 Å². The lowest BCUT2D eigenvalue weighted by Crippen LogP contribution is -2.42. The van der Waals surface area contributed by atoms with Gasteiger partial charge in [0.2, 0.25) is 17.6 Å². The molecule has 3 aromatic rings. The van der Waals surface area contributed by atoms with Gasteiger partial charge in [-0.15, -0.1) is 0 Å². The Morgan fingerprint density at radius 3 is 3.28 bits per heavy atom. The standard InChI is InChI=1S/C16H17N7O2/c24-16(14-13-11(3-6-18-14)20-9-21-13)19-7-4-12-22-15(23-25-12)10-2-1-5-17-8-10/h1-2,5,8-9,14,18H,3-4,6-7H2,(H,19,24)(H,20,21)/t14-/m0/s1. The Hall–Kier alpha value is -3.07. The number of aromatic amines is 1. The molecule has 0 saturated heterocycles. The third-order valence-electron chi connectivity index (χ3n) is 4.04. The van der Waals surface area contributed by atoms with Crippen LogP contribution in [0.25, 0.3) is 11.4 Å². The molecule has 0 fully saturated rings. The van der Waals surface area contributed by atoms with Gasteiger partial charge in [-0.1, -0.05) is 5.16 Å². The Morgan fingerprint density at radius 1 is 1.44 bits per heavy atom. The van der Waals surface area contributed by atoms with Crippen molar-refractivity contribution >= 4 is 5.91 Å². The third-order valence-corrected chi connectivity index (χ3v) is 4.04. The molecule has 0 aliphatic carbocycles. The molecule has 0 saturated carbocycles. The number of fused-ring (bicyclic) bond motifs is 1. The van der Waals surface area contributed by atoms with Crippen molar-refractivity contribution in [2.45, 2.75) is 18.9 Å².